The SMILES string of the molecule is Cc1cncn1-c1ccc([N+](=O)[O-])cc1. The van der Waals surface area contributed by atoms with Gasteiger partial charge in [0.1, 0.15) is 0 Å². The Bertz CT molecular complexity index is 488. The molecule has 0 bridgehead atoms. The van der Waals surface area contributed by atoms with E-state index in [9.17, 15) is 10.1 Å². The third kappa shape index (κ3) is 1.71. The lowest BCUT2D eigenvalue weighted by atomic mass is 10.3. The van der Waals surface area contributed by atoms with Crippen molar-refractivity contribution >= 4 is 5.69 Å². The van der Waals surface area contributed by atoms with Crippen molar-refractivity contribution in [2.75, 3.05) is 0 Å². The summed E-state index contributed by atoms with van der Waals surface area (Å²) >= 11 is 0. The first-order chi connectivity index (χ1) is 7.18. The van der Waals surface area contributed by atoms with Crippen LogP contribution < -0.4 is 0 Å². The number of nitro benzene ring substituents is 1. The summed E-state index contributed by atoms with van der Waals surface area (Å²) < 4.78 is 1.86. The number of benzene rings is 1. The average molecular weight is 203 g/mol. The van der Waals surface area contributed by atoms with Crippen LogP contribution in [0, 0.1) is 17.0 Å². The monoisotopic (exact) mass is 203 g/mol. The summed E-state index contributed by atoms with van der Waals surface area (Å²) in [6.45, 7) is 1.93. The molecule has 0 spiro atoms. The number of aromatic nitrogens is 2. The molecule has 0 aliphatic heterocycles. The maximum absolute atomic E-state index is 10.5. The lowest BCUT2D eigenvalue weighted by Gasteiger charge is -2.03. The summed E-state index contributed by atoms with van der Waals surface area (Å²) in [5, 5.41) is 10.5. The van der Waals surface area contributed by atoms with Gasteiger partial charge >= 0.3 is 0 Å². The second-order valence-electron chi connectivity index (χ2n) is 3.18. The molecular formula is C10H9N3O2. The molecule has 0 fully saturated rings. The van der Waals surface area contributed by atoms with Crippen LogP contribution in [0.15, 0.2) is 36.8 Å². The highest BCUT2D eigenvalue weighted by molar-refractivity contribution is 5.41. The molecule has 1 aromatic heterocycles. The highest BCUT2D eigenvalue weighted by atomic mass is 16.6. The minimum atomic E-state index is -0.412. The Hall–Kier alpha value is -2.17. The van der Waals surface area contributed by atoms with Gasteiger partial charge in [-0.3, -0.25) is 10.1 Å². The Labute approximate surface area is 86.1 Å². The molecule has 15 heavy (non-hydrogen) atoms. The summed E-state index contributed by atoms with van der Waals surface area (Å²) in [4.78, 5) is 14.0. The van der Waals surface area contributed by atoms with Gasteiger partial charge in [0.15, 0.2) is 0 Å². The zero-order chi connectivity index (χ0) is 10.8. The summed E-state index contributed by atoms with van der Waals surface area (Å²) in [7, 11) is 0. The van der Waals surface area contributed by atoms with Gasteiger partial charge < -0.3 is 4.57 Å². The van der Waals surface area contributed by atoms with E-state index in [4.69, 9.17) is 0 Å². The molecule has 0 amide bonds. The van der Waals surface area contributed by atoms with Gasteiger partial charge in [-0.1, -0.05) is 0 Å². The number of nitro groups is 1. The van der Waals surface area contributed by atoms with Gasteiger partial charge in [0, 0.05) is 29.7 Å². The van der Waals surface area contributed by atoms with Crippen LogP contribution in [0.4, 0.5) is 5.69 Å². The highest BCUT2D eigenvalue weighted by Crippen LogP contribution is 2.16. The van der Waals surface area contributed by atoms with E-state index in [-0.39, 0.29) is 5.69 Å². The maximum Gasteiger partial charge on any atom is 0.269 e. The third-order valence-electron chi connectivity index (χ3n) is 2.16. The fourth-order valence-corrected chi connectivity index (χ4v) is 1.37. The van der Waals surface area contributed by atoms with Gasteiger partial charge in [0.25, 0.3) is 5.69 Å². The first-order valence-electron chi connectivity index (χ1n) is 4.42. The number of nitrogens with zero attached hydrogens (tertiary/aromatic N) is 3. The number of aryl methyl sites for hydroxylation is 1. The first kappa shape index (κ1) is 9.39. The van der Waals surface area contributed by atoms with Crippen molar-refractivity contribution in [1.29, 1.82) is 0 Å². The van der Waals surface area contributed by atoms with Gasteiger partial charge in [0.2, 0.25) is 0 Å². The van der Waals surface area contributed by atoms with E-state index >= 15 is 0 Å². The Morgan fingerprint density at radius 2 is 2.00 bits per heavy atom. The topological polar surface area (TPSA) is 61.0 Å². The van der Waals surface area contributed by atoms with Crippen LogP contribution in [0.1, 0.15) is 5.69 Å². The van der Waals surface area contributed by atoms with E-state index < -0.39 is 4.92 Å². The van der Waals surface area contributed by atoms with E-state index in [1.54, 1.807) is 24.7 Å². The molecule has 5 nitrogen and oxygen atoms in total. The number of hydrogen-bond donors (Lipinski definition) is 0. The zero-order valence-corrected chi connectivity index (χ0v) is 8.12. The van der Waals surface area contributed by atoms with Crippen LogP contribution >= 0.6 is 0 Å². The van der Waals surface area contributed by atoms with E-state index in [2.05, 4.69) is 4.98 Å². The van der Waals surface area contributed by atoms with Gasteiger partial charge in [-0.15, -0.1) is 0 Å². The summed E-state index contributed by atoms with van der Waals surface area (Å²) in [6.07, 6.45) is 3.41. The molecule has 5 heteroatoms. The Morgan fingerprint density at radius 3 is 2.47 bits per heavy atom. The molecule has 76 valence electrons. The van der Waals surface area contributed by atoms with Crippen molar-refractivity contribution in [2.45, 2.75) is 6.92 Å². The van der Waals surface area contributed by atoms with Crippen molar-refractivity contribution in [1.82, 2.24) is 9.55 Å². The number of rotatable bonds is 2. The first-order valence-corrected chi connectivity index (χ1v) is 4.42. The van der Waals surface area contributed by atoms with Crippen LogP contribution in [0.2, 0.25) is 0 Å². The second kappa shape index (κ2) is 3.53. The molecule has 0 unspecified atom stereocenters. The average Bonchev–Trinajstić information content (AvgIpc) is 2.65. The minimum absolute atomic E-state index is 0.0940. The lowest BCUT2D eigenvalue weighted by Crippen LogP contribution is -1.95. The largest absolute Gasteiger partial charge is 0.304 e. The molecular weight excluding hydrogens is 194 g/mol. The van der Waals surface area contributed by atoms with Gasteiger partial charge in [-0.05, 0) is 19.1 Å². The standard InChI is InChI=1S/C10H9N3O2/c1-8-6-11-7-12(8)9-2-4-10(5-3-9)13(14)15/h2-7H,1H3. The van der Waals surface area contributed by atoms with Crippen molar-refractivity contribution in [2.24, 2.45) is 0 Å². The molecule has 0 N–H and O–H groups in total. The van der Waals surface area contributed by atoms with Crippen molar-refractivity contribution in [3.63, 3.8) is 0 Å². The Morgan fingerprint density at radius 1 is 1.33 bits per heavy atom. The maximum atomic E-state index is 10.5. The van der Waals surface area contributed by atoms with Gasteiger partial charge in [-0.2, -0.15) is 0 Å². The van der Waals surface area contributed by atoms with Crippen LogP contribution in [0.5, 0.6) is 0 Å². The molecule has 0 saturated carbocycles. The fourth-order valence-electron chi connectivity index (χ4n) is 1.37. The van der Waals surface area contributed by atoms with Crippen molar-refractivity contribution < 1.29 is 4.92 Å². The van der Waals surface area contributed by atoms with E-state index in [0.29, 0.717) is 0 Å². The van der Waals surface area contributed by atoms with E-state index in [0.717, 1.165) is 11.4 Å². The summed E-state index contributed by atoms with van der Waals surface area (Å²) in [6, 6.07) is 6.36. The molecule has 0 aliphatic rings. The number of imidazole rings is 1. The normalized spacial score (nSPS) is 10.2. The van der Waals surface area contributed by atoms with Crippen molar-refractivity contribution in [3.8, 4) is 5.69 Å². The quantitative estimate of drug-likeness (QED) is 0.554. The van der Waals surface area contributed by atoms with E-state index in [1.165, 1.54) is 12.1 Å². The van der Waals surface area contributed by atoms with Crippen LogP contribution in [0.3, 0.4) is 0 Å². The van der Waals surface area contributed by atoms with Crippen LogP contribution in [0.25, 0.3) is 5.69 Å². The molecule has 1 heterocycles. The minimum Gasteiger partial charge on any atom is -0.304 e. The molecule has 2 aromatic rings. The Kier molecular flexibility index (Phi) is 2.21. The fraction of sp³-hybridized carbons (Fsp3) is 0.100. The molecule has 0 saturated heterocycles. The molecule has 0 aliphatic carbocycles. The number of non-ortho nitro benzene ring substituents is 1. The smallest absolute Gasteiger partial charge is 0.269 e. The molecule has 0 radical (unpaired) electrons. The molecule has 1 aromatic carbocycles. The van der Waals surface area contributed by atoms with Crippen LogP contribution in [-0.4, -0.2) is 14.5 Å². The molecule has 2 rings (SSSR count). The lowest BCUT2D eigenvalue weighted by molar-refractivity contribution is -0.384. The number of hydrogen-bond acceptors (Lipinski definition) is 3. The second-order valence-corrected chi connectivity index (χ2v) is 3.18. The predicted molar refractivity (Wildman–Crippen MR) is 55.0 cm³/mol. The Balaban J connectivity index is 2.40. The molecule has 0 atom stereocenters. The summed E-state index contributed by atoms with van der Waals surface area (Å²) in [5.74, 6) is 0. The van der Waals surface area contributed by atoms with Gasteiger partial charge in [-0.25, -0.2) is 4.98 Å². The third-order valence-corrected chi connectivity index (χ3v) is 2.16. The van der Waals surface area contributed by atoms with E-state index in [1.807, 2.05) is 11.5 Å². The summed E-state index contributed by atoms with van der Waals surface area (Å²) in [5.41, 5.74) is 1.95. The zero-order valence-electron chi connectivity index (χ0n) is 8.12. The highest BCUT2D eigenvalue weighted by Gasteiger charge is 2.05. The van der Waals surface area contributed by atoms with Gasteiger partial charge in [0.05, 0.1) is 11.3 Å². The predicted octanol–water partition coefficient (Wildman–Crippen LogP) is 2.09. The van der Waals surface area contributed by atoms with Crippen molar-refractivity contribution in [3.05, 3.63) is 52.6 Å². The van der Waals surface area contributed by atoms with Crippen LogP contribution in [-0.2, 0) is 0 Å².